The molecule has 0 fully saturated rings. The van der Waals surface area contributed by atoms with Crippen LogP contribution in [0.2, 0.25) is 5.02 Å². The Hall–Kier alpha value is -2.26. The normalized spacial score (nSPS) is 10.8. The monoisotopic (exact) mass is 421 g/mol. The summed E-state index contributed by atoms with van der Waals surface area (Å²) in [5.41, 5.74) is 4.93. The Morgan fingerprint density at radius 3 is 2.65 bits per heavy atom. The molecule has 3 aromatic rings. The Bertz CT molecular complexity index is 996. The van der Waals surface area contributed by atoms with Crippen molar-refractivity contribution < 1.29 is 9.59 Å². The average molecular weight is 422 g/mol. The van der Waals surface area contributed by atoms with E-state index in [0.29, 0.717) is 9.90 Å². The highest BCUT2D eigenvalue weighted by molar-refractivity contribution is 7.80. The van der Waals surface area contributed by atoms with Crippen molar-refractivity contribution in [3.8, 4) is 0 Å². The van der Waals surface area contributed by atoms with Crippen molar-refractivity contribution in [2.75, 3.05) is 0 Å². The summed E-state index contributed by atoms with van der Waals surface area (Å²) in [5, 5.41) is 5.55. The molecule has 5 nitrogen and oxygen atoms in total. The van der Waals surface area contributed by atoms with E-state index in [0.717, 1.165) is 15.0 Å². The Morgan fingerprint density at radius 1 is 1.12 bits per heavy atom. The van der Waals surface area contributed by atoms with E-state index >= 15 is 0 Å². The number of hydrogen-bond donors (Lipinski definition) is 3. The van der Waals surface area contributed by atoms with E-state index in [4.69, 9.17) is 23.8 Å². The molecular weight excluding hydrogens is 410 g/mol. The molecule has 0 saturated carbocycles. The van der Waals surface area contributed by atoms with E-state index in [9.17, 15) is 9.59 Å². The number of benzene rings is 1. The van der Waals surface area contributed by atoms with Gasteiger partial charge in [0.2, 0.25) is 5.91 Å². The maximum absolute atomic E-state index is 12.3. The number of hydrazine groups is 1. The lowest BCUT2D eigenvalue weighted by Crippen LogP contribution is -2.48. The second-order valence-corrected chi connectivity index (χ2v) is 7.81. The largest absolute Gasteiger partial charge is 0.298 e. The van der Waals surface area contributed by atoms with Gasteiger partial charge in [-0.2, -0.15) is 0 Å². The SMILES string of the molecule is O=C(C=Cc1cccs1)NC(=S)NNC(=O)c1sc2ccccc2c1Cl. The molecule has 2 aromatic heterocycles. The molecular formula is C17H12ClN3O2S3. The third-order valence-corrected chi connectivity index (χ3v) is 5.93. The van der Waals surface area contributed by atoms with Crippen LogP contribution in [-0.2, 0) is 4.79 Å². The van der Waals surface area contributed by atoms with Gasteiger partial charge in [0.25, 0.3) is 5.91 Å². The first-order valence-corrected chi connectivity index (χ1v) is 9.83. The zero-order chi connectivity index (χ0) is 18.5. The van der Waals surface area contributed by atoms with Crippen LogP contribution in [0.4, 0.5) is 0 Å². The number of thiophene rings is 2. The maximum Gasteiger partial charge on any atom is 0.281 e. The second kappa shape index (κ2) is 8.41. The molecule has 0 spiro atoms. The highest BCUT2D eigenvalue weighted by Gasteiger charge is 2.17. The summed E-state index contributed by atoms with van der Waals surface area (Å²) in [4.78, 5) is 25.4. The van der Waals surface area contributed by atoms with E-state index in [2.05, 4.69) is 16.2 Å². The van der Waals surface area contributed by atoms with Crippen LogP contribution in [0.15, 0.2) is 47.9 Å². The molecule has 0 aliphatic carbocycles. The van der Waals surface area contributed by atoms with Gasteiger partial charge in [-0.15, -0.1) is 22.7 Å². The van der Waals surface area contributed by atoms with Crippen molar-refractivity contribution >= 4 is 79.6 Å². The topological polar surface area (TPSA) is 70.2 Å². The van der Waals surface area contributed by atoms with E-state index in [-0.39, 0.29) is 5.11 Å². The van der Waals surface area contributed by atoms with Crippen LogP contribution in [0.1, 0.15) is 14.5 Å². The summed E-state index contributed by atoms with van der Waals surface area (Å²) < 4.78 is 0.914. The molecule has 0 aliphatic rings. The summed E-state index contributed by atoms with van der Waals surface area (Å²) in [6.45, 7) is 0. The molecule has 0 unspecified atom stereocenters. The van der Waals surface area contributed by atoms with Crippen molar-refractivity contribution in [3.63, 3.8) is 0 Å². The van der Waals surface area contributed by atoms with E-state index in [1.165, 1.54) is 28.7 Å². The molecule has 0 radical (unpaired) electrons. The summed E-state index contributed by atoms with van der Waals surface area (Å²) in [7, 11) is 0. The molecule has 2 amide bonds. The van der Waals surface area contributed by atoms with Crippen LogP contribution < -0.4 is 16.2 Å². The zero-order valence-electron chi connectivity index (χ0n) is 13.1. The number of fused-ring (bicyclic) bond motifs is 1. The fraction of sp³-hybridized carbons (Fsp3) is 0. The lowest BCUT2D eigenvalue weighted by Gasteiger charge is -2.09. The molecule has 1 aromatic carbocycles. The average Bonchev–Trinajstić information content (AvgIpc) is 3.26. The Kier molecular flexibility index (Phi) is 6.00. The van der Waals surface area contributed by atoms with Gasteiger partial charge < -0.3 is 0 Å². The molecule has 0 saturated heterocycles. The van der Waals surface area contributed by atoms with Gasteiger partial charge in [0, 0.05) is 21.0 Å². The van der Waals surface area contributed by atoms with Crippen LogP contribution in [-0.4, -0.2) is 16.9 Å². The second-order valence-electron chi connectivity index (χ2n) is 4.99. The number of nitrogens with one attached hydrogen (secondary N) is 3. The molecule has 2 heterocycles. The summed E-state index contributed by atoms with van der Waals surface area (Å²) in [6.07, 6.45) is 3.04. The number of hydrogen-bond acceptors (Lipinski definition) is 5. The van der Waals surface area contributed by atoms with Gasteiger partial charge in [0.1, 0.15) is 4.88 Å². The van der Waals surface area contributed by atoms with E-state index < -0.39 is 11.8 Å². The first-order valence-electron chi connectivity index (χ1n) is 7.34. The molecule has 132 valence electrons. The minimum Gasteiger partial charge on any atom is -0.298 e. The quantitative estimate of drug-likeness (QED) is 0.340. The first kappa shape index (κ1) is 18.5. The minimum atomic E-state index is -0.429. The molecule has 0 aliphatic heterocycles. The fourth-order valence-electron chi connectivity index (χ4n) is 2.06. The van der Waals surface area contributed by atoms with Crippen LogP contribution in [0.3, 0.4) is 0 Å². The van der Waals surface area contributed by atoms with Gasteiger partial charge in [-0.3, -0.25) is 25.8 Å². The minimum absolute atomic E-state index is 0.0172. The zero-order valence-corrected chi connectivity index (χ0v) is 16.3. The van der Waals surface area contributed by atoms with Gasteiger partial charge in [0.05, 0.1) is 5.02 Å². The summed E-state index contributed by atoms with van der Waals surface area (Å²) in [5.74, 6) is -0.827. The van der Waals surface area contributed by atoms with Crippen molar-refractivity contribution in [2.24, 2.45) is 0 Å². The van der Waals surface area contributed by atoms with Crippen molar-refractivity contribution in [1.29, 1.82) is 0 Å². The number of amides is 2. The molecule has 3 rings (SSSR count). The van der Waals surface area contributed by atoms with Gasteiger partial charge in [-0.1, -0.05) is 35.9 Å². The number of halogens is 1. The van der Waals surface area contributed by atoms with Crippen LogP contribution in [0.5, 0.6) is 0 Å². The number of thiocarbonyl (C=S) groups is 1. The van der Waals surface area contributed by atoms with Crippen molar-refractivity contribution in [2.45, 2.75) is 0 Å². The van der Waals surface area contributed by atoms with Crippen LogP contribution in [0.25, 0.3) is 16.2 Å². The highest BCUT2D eigenvalue weighted by atomic mass is 35.5. The molecule has 3 N–H and O–H groups in total. The van der Waals surface area contributed by atoms with Gasteiger partial charge >= 0.3 is 0 Å². The predicted molar refractivity (Wildman–Crippen MR) is 112 cm³/mol. The van der Waals surface area contributed by atoms with Crippen molar-refractivity contribution in [1.82, 2.24) is 16.2 Å². The Morgan fingerprint density at radius 2 is 1.92 bits per heavy atom. The van der Waals surface area contributed by atoms with Gasteiger partial charge in [0.15, 0.2) is 5.11 Å². The maximum atomic E-state index is 12.3. The van der Waals surface area contributed by atoms with Crippen molar-refractivity contribution in [3.05, 3.63) is 62.6 Å². The first-order chi connectivity index (χ1) is 12.5. The van der Waals surface area contributed by atoms with Gasteiger partial charge in [-0.05, 0) is 35.8 Å². The Labute approximate surface area is 167 Å². The standard InChI is InChI=1S/C17H12ClN3O2S3/c18-14-11-5-1-2-6-12(11)26-15(14)16(23)20-21-17(24)19-13(22)8-7-10-4-3-9-25-10/h1-9H,(H,20,23)(H2,19,21,22,24). The highest BCUT2D eigenvalue weighted by Crippen LogP contribution is 2.34. The predicted octanol–water partition coefficient (Wildman–Crippen LogP) is 3.97. The van der Waals surface area contributed by atoms with Gasteiger partial charge in [-0.25, -0.2) is 0 Å². The molecule has 9 heteroatoms. The molecule has 0 atom stereocenters. The number of carbonyl (C=O) groups is 2. The molecule has 26 heavy (non-hydrogen) atoms. The summed E-state index contributed by atoms with van der Waals surface area (Å²) >= 11 is 14.0. The third-order valence-electron chi connectivity index (χ3n) is 3.21. The lowest BCUT2D eigenvalue weighted by atomic mass is 10.2. The fourth-order valence-corrected chi connectivity index (χ4v) is 4.24. The van der Waals surface area contributed by atoms with Crippen LogP contribution >= 0.6 is 46.5 Å². The van der Waals surface area contributed by atoms with Crippen LogP contribution in [0, 0.1) is 0 Å². The Balaban J connectivity index is 1.54. The number of rotatable bonds is 3. The van der Waals surface area contributed by atoms with E-state index in [1.54, 1.807) is 6.08 Å². The molecule has 0 bridgehead atoms. The van der Waals surface area contributed by atoms with E-state index in [1.807, 2.05) is 41.8 Å². The number of carbonyl (C=O) groups excluding carboxylic acids is 2. The smallest absolute Gasteiger partial charge is 0.281 e. The summed E-state index contributed by atoms with van der Waals surface area (Å²) in [6, 6.07) is 11.3. The third kappa shape index (κ3) is 4.47. The lowest BCUT2D eigenvalue weighted by molar-refractivity contribution is -0.115.